The smallest absolute Gasteiger partial charge is 0.810 e. The van der Waals surface area contributed by atoms with E-state index in [2.05, 4.69) is 0 Å². The molecule has 2 aromatic carbocycles. The molecule has 2 aromatic rings. The quantitative estimate of drug-likeness (QED) is 0.288. The molecule has 2 unspecified atom stereocenters. The van der Waals surface area contributed by atoms with Gasteiger partial charge in [0.15, 0.2) is 0 Å². The fourth-order valence-electron chi connectivity index (χ4n) is 2.63. The van der Waals surface area contributed by atoms with E-state index >= 15 is 0 Å². The Morgan fingerprint density at radius 1 is 0.815 bits per heavy atom. The summed E-state index contributed by atoms with van der Waals surface area (Å²) < 4.78 is 22.6. The molecule has 0 amide bonds. The van der Waals surface area contributed by atoms with E-state index in [9.17, 15) is 23.8 Å². The van der Waals surface area contributed by atoms with Crippen molar-refractivity contribution in [1.29, 1.82) is 0 Å². The molecule has 0 bridgehead atoms. The second kappa shape index (κ2) is 15.5. The average molecular weight is 483 g/mol. The van der Waals surface area contributed by atoms with E-state index in [4.69, 9.17) is 0 Å². The Bertz CT molecular complexity index is 738. The van der Waals surface area contributed by atoms with Crippen molar-refractivity contribution >= 4 is 15.0 Å². The second-order valence-electron chi connectivity index (χ2n) is 5.88. The molecule has 0 radical (unpaired) electrons. The monoisotopic (exact) mass is 482 g/mol. The zero-order valence-corrected chi connectivity index (χ0v) is 27.5. The second-order valence-corrected chi connectivity index (χ2v) is 10.4. The minimum Gasteiger partial charge on any atom is -0.810 e. The molecule has 130 valence electrons. The Morgan fingerprint density at radius 2 is 1.30 bits per heavy atom. The number of hydrogen-bond donors (Lipinski definition) is 0. The maximum absolute atomic E-state index is 11.5. The third-order valence-corrected chi connectivity index (χ3v) is 8.33. The van der Waals surface area contributed by atoms with E-state index in [0.717, 1.165) is 23.4 Å². The van der Waals surface area contributed by atoms with Gasteiger partial charge in [0, 0.05) is 12.8 Å². The van der Waals surface area contributed by atoms with Gasteiger partial charge in [-0.2, -0.15) is 0 Å². The molecule has 0 saturated heterocycles. The Kier molecular flexibility index (Phi) is 18.9. The minimum absolute atomic E-state index is 0. The van der Waals surface area contributed by atoms with Crippen LogP contribution in [0.25, 0.3) is 11.1 Å². The molecule has 2 rings (SSSR count). The van der Waals surface area contributed by atoms with E-state index in [1.54, 1.807) is 0 Å². The summed E-state index contributed by atoms with van der Waals surface area (Å²) in [6.07, 6.45) is 0.678. The first-order valence-electron chi connectivity index (χ1n) is 7.62. The van der Waals surface area contributed by atoms with Crippen LogP contribution in [-0.2, 0) is 15.6 Å². The van der Waals surface area contributed by atoms with Crippen LogP contribution in [-0.4, -0.2) is 12.1 Å². The Balaban J connectivity index is 0. The number of aryl methyl sites for hydroxylation is 1. The van der Waals surface area contributed by atoms with Crippen LogP contribution in [0, 0.1) is 0 Å². The molecule has 27 heavy (non-hydrogen) atoms. The standard InChI is InChI=1S/C17H22O5P2.3K/c1-23(18,19)17(24(20,21)22)9-5-6-14-10-12-16(13-11-14)15-7-3-2-4-8-15;;;/h2-4,7-8,10-13,17H,5-6,9H2,1H3,(H,18,19)(H2,20,21,22);;;/q;3*+1/p-3. The van der Waals surface area contributed by atoms with Gasteiger partial charge < -0.3 is 23.8 Å². The molecule has 0 aliphatic carbocycles. The van der Waals surface area contributed by atoms with E-state index in [1.165, 1.54) is 0 Å². The minimum atomic E-state index is -5.14. The number of benzene rings is 2. The normalized spacial score (nSPS) is 13.9. The van der Waals surface area contributed by atoms with Crippen molar-refractivity contribution in [3.8, 4) is 11.1 Å². The largest absolute Gasteiger partial charge is 1.00 e. The Hall–Kier alpha value is 3.69. The maximum Gasteiger partial charge on any atom is 1.00 e. The van der Waals surface area contributed by atoms with Gasteiger partial charge in [0.25, 0.3) is 0 Å². The summed E-state index contributed by atoms with van der Waals surface area (Å²) in [5.41, 5.74) is 3.14. The molecule has 2 atom stereocenters. The molecular weight excluding hydrogens is 463 g/mol. The van der Waals surface area contributed by atoms with Gasteiger partial charge in [0.2, 0.25) is 0 Å². The van der Waals surface area contributed by atoms with Gasteiger partial charge in [0.1, 0.15) is 0 Å². The fraction of sp³-hybridized carbons (Fsp3) is 0.294. The summed E-state index contributed by atoms with van der Waals surface area (Å²) in [5, 5.41) is -1.81. The van der Waals surface area contributed by atoms with Crippen molar-refractivity contribution in [1.82, 2.24) is 0 Å². The number of hydrogen-bond acceptors (Lipinski definition) is 5. The van der Waals surface area contributed by atoms with Gasteiger partial charge >= 0.3 is 154 Å². The predicted octanol–water partition coefficient (Wildman–Crippen LogP) is -6.80. The van der Waals surface area contributed by atoms with Crippen molar-refractivity contribution < 1.29 is 178 Å². The van der Waals surface area contributed by atoms with Crippen LogP contribution in [0.4, 0.5) is 0 Å². The zero-order chi connectivity index (χ0) is 17.8. The third-order valence-electron chi connectivity index (χ3n) is 3.90. The SMILES string of the molecule is CP(=O)([O-])C(CCCc1ccc(-c2ccccc2)cc1)P(=O)([O-])[O-].[K+].[K+].[K+]. The molecule has 0 aromatic heterocycles. The van der Waals surface area contributed by atoms with Gasteiger partial charge in [0.05, 0.1) is 0 Å². The van der Waals surface area contributed by atoms with E-state index in [0.29, 0.717) is 12.8 Å². The van der Waals surface area contributed by atoms with Crippen molar-refractivity contribution in [3.05, 3.63) is 60.2 Å². The van der Waals surface area contributed by atoms with Crippen LogP contribution in [0.3, 0.4) is 0 Å². The third kappa shape index (κ3) is 11.9. The Morgan fingerprint density at radius 3 is 1.74 bits per heavy atom. The predicted molar refractivity (Wildman–Crippen MR) is 89.7 cm³/mol. The summed E-state index contributed by atoms with van der Waals surface area (Å²) >= 11 is 0. The van der Waals surface area contributed by atoms with Crippen LogP contribution >= 0.6 is 15.0 Å². The van der Waals surface area contributed by atoms with Crippen molar-refractivity contribution in [2.24, 2.45) is 0 Å². The summed E-state index contributed by atoms with van der Waals surface area (Å²) in [5.74, 6) is 0. The number of rotatable bonds is 7. The molecule has 0 aliphatic heterocycles. The van der Waals surface area contributed by atoms with Crippen LogP contribution in [0.2, 0.25) is 0 Å². The molecule has 0 fully saturated rings. The van der Waals surface area contributed by atoms with E-state index < -0.39 is 20.4 Å². The van der Waals surface area contributed by atoms with Gasteiger partial charge in [-0.3, -0.25) is 0 Å². The summed E-state index contributed by atoms with van der Waals surface area (Å²) in [6, 6.07) is 17.7. The molecule has 0 heterocycles. The molecule has 0 N–H and O–H groups in total. The molecule has 5 nitrogen and oxygen atoms in total. The first-order chi connectivity index (χ1) is 11.2. The van der Waals surface area contributed by atoms with Crippen LogP contribution in [0.15, 0.2) is 54.6 Å². The van der Waals surface area contributed by atoms with Crippen molar-refractivity contribution in [3.63, 3.8) is 0 Å². The van der Waals surface area contributed by atoms with Crippen LogP contribution in [0.1, 0.15) is 18.4 Å². The Labute approximate surface area is 288 Å². The molecule has 0 spiro atoms. The fourth-order valence-corrected chi connectivity index (χ4v) is 5.84. The van der Waals surface area contributed by atoms with Crippen molar-refractivity contribution in [2.45, 2.75) is 24.7 Å². The summed E-state index contributed by atoms with van der Waals surface area (Å²) in [4.78, 5) is 33.7. The van der Waals surface area contributed by atoms with E-state index in [-0.39, 0.29) is 161 Å². The summed E-state index contributed by atoms with van der Waals surface area (Å²) in [7, 11) is -9.35. The van der Waals surface area contributed by atoms with Gasteiger partial charge in [-0.25, -0.2) is 0 Å². The first-order valence-corrected chi connectivity index (χ1v) is 11.4. The van der Waals surface area contributed by atoms with E-state index in [1.807, 2.05) is 54.6 Å². The average Bonchev–Trinajstić information content (AvgIpc) is 2.50. The molecule has 0 aliphatic rings. The zero-order valence-electron chi connectivity index (χ0n) is 16.3. The topological polar surface area (TPSA) is 103 Å². The van der Waals surface area contributed by atoms with Gasteiger partial charge in [-0.1, -0.05) is 62.2 Å². The van der Waals surface area contributed by atoms with Gasteiger partial charge in [-0.15, -0.1) is 0 Å². The first kappa shape index (κ1) is 32.9. The van der Waals surface area contributed by atoms with Crippen LogP contribution in [0.5, 0.6) is 0 Å². The molecule has 10 heteroatoms. The molecular formula is C17H19K3O5P2. The maximum atomic E-state index is 11.5. The van der Waals surface area contributed by atoms with Crippen molar-refractivity contribution in [2.75, 3.05) is 6.66 Å². The van der Waals surface area contributed by atoms with Gasteiger partial charge in [-0.05, 0) is 42.6 Å². The van der Waals surface area contributed by atoms with Crippen LogP contribution < -0.4 is 169 Å². The molecule has 0 saturated carbocycles. The summed E-state index contributed by atoms with van der Waals surface area (Å²) in [6.45, 7) is 0.814.